The largest absolute Gasteiger partial charge is 0.369 e. The Morgan fingerprint density at radius 2 is 1.79 bits per heavy atom. The average Bonchev–Trinajstić information content (AvgIpc) is 2.75. The van der Waals surface area contributed by atoms with Gasteiger partial charge in [0.05, 0.1) is 0 Å². The molecule has 1 aliphatic heterocycles. The van der Waals surface area contributed by atoms with Crippen LogP contribution in [0.2, 0.25) is 0 Å². The highest BCUT2D eigenvalue weighted by Gasteiger charge is 2.14. The highest BCUT2D eigenvalue weighted by atomic mass is 15.2. The van der Waals surface area contributed by atoms with E-state index in [2.05, 4.69) is 66.7 Å². The van der Waals surface area contributed by atoms with Crippen molar-refractivity contribution in [3.8, 4) is 0 Å². The number of nitrogens with zero attached hydrogens (tertiary/aromatic N) is 5. The molecule has 28 heavy (non-hydrogen) atoms. The summed E-state index contributed by atoms with van der Waals surface area (Å²) in [6.07, 6.45) is 5.36. The van der Waals surface area contributed by atoms with Crippen molar-refractivity contribution in [2.45, 2.75) is 6.54 Å². The van der Waals surface area contributed by atoms with Crippen LogP contribution < -0.4 is 15.5 Å². The van der Waals surface area contributed by atoms with Crippen LogP contribution in [0.25, 0.3) is 0 Å². The summed E-state index contributed by atoms with van der Waals surface area (Å²) in [5.41, 5.74) is 3.34. The maximum absolute atomic E-state index is 4.53. The highest BCUT2D eigenvalue weighted by molar-refractivity contribution is 5.60. The molecule has 1 fully saturated rings. The van der Waals surface area contributed by atoms with Gasteiger partial charge in [-0.15, -0.1) is 0 Å². The van der Waals surface area contributed by atoms with Crippen molar-refractivity contribution < 1.29 is 0 Å². The van der Waals surface area contributed by atoms with E-state index in [0.717, 1.165) is 43.2 Å². The van der Waals surface area contributed by atoms with Crippen molar-refractivity contribution in [2.24, 2.45) is 0 Å². The highest BCUT2D eigenvalue weighted by Crippen LogP contribution is 2.21. The summed E-state index contributed by atoms with van der Waals surface area (Å²) in [5.74, 6) is 1.35. The first-order valence-electron chi connectivity index (χ1n) is 9.53. The van der Waals surface area contributed by atoms with Crippen LogP contribution in [0.3, 0.4) is 0 Å². The van der Waals surface area contributed by atoms with Crippen molar-refractivity contribution >= 4 is 23.1 Å². The van der Waals surface area contributed by atoms with Crippen molar-refractivity contribution in [3.05, 3.63) is 66.6 Å². The molecule has 0 unspecified atom stereocenters. The molecule has 1 saturated heterocycles. The minimum Gasteiger partial charge on any atom is -0.369 e. The molecule has 2 N–H and O–H groups in total. The van der Waals surface area contributed by atoms with E-state index >= 15 is 0 Å². The third kappa shape index (κ3) is 4.75. The number of rotatable bonds is 6. The maximum Gasteiger partial charge on any atom is 0.229 e. The minimum absolute atomic E-state index is 0.573. The molecule has 7 nitrogen and oxygen atoms in total. The van der Waals surface area contributed by atoms with Crippen LogP contribution in [0.1, 0.15) is 5.56 Å². The summed E-state index contributed by atoms with van der Waals surface area (Å²) in [7, 11) is 2.17. The van der Waals surface area contributed by atoms with E-state index in [1.54, 1.807) is 12.4 Å². The SMILES string of the molecule is CN1CCN(c2ccc(Nc3nccc(NCc4cccnc4)n3)cc2)CC1. The third-order valence-electron chi connectivity index (χ3n) is 4.84. The second-order valence-corrected chi connectivity index (χ2v) is 6.94. The van der Waals surface area contributed by atoms with Gasteiger partial charge < -0.3 is 20.4 Å². The average molecular weight is 375 g/mol. The quantitative estimate of drug-likeness (QED) is 0.686. The van der Waals surface area contributed by atoms with Crippen molar-refractivity contribution in [1.82, 2.24) is 19.9 Å². The van der Waals surface area contributed by atoms with Gasteiger partial charge in [-0.25, -0.2) is 4.98 Å². The van der Waals surface area contributed by atoms with Crippen LogP contribution in [0.5, 0.6) is 0 Å². The molecule has 0 atom stereocenters. The molecule has 0 bridgehead atoms. The molecular weight excluding hydrogens is 350 g/mol. The van der Waals surface area contributed by atoms with Gasteiger partial charge in [0.1, 0.15) is 5.82 Å². The normalized spacial score (nSPS) is 14.7. The van der Waals surface area contributed by atoms with Gasteiger partial charge in [0.2, 0.25) is 5.95 Å². The van der Waals surface area contributed by atoms with Crippen LogP contribution in [-0.2, 0) is 6.54 Å². The van der Waals surface area contributed by atoms with Gasteiger partial charge in [-0.3, -0.25) is 4.98 Å². The van der Waals surface area contributed by atoms with Gasteiger partial charge >= 0.3 is 0 Å². The van der Waals surface area contributed by atoms with E-state index in [0.29, 0.717) is 12.5 Å². The number of benzene rings is 1. The maximum atomic E-state index is 4.53. The Labute approximate surface area is 165 Å². The minimum atomic E-state index is 0.573. The molecule has 0 radical (unpaired) electrons. The molecule has 2 aromatic heterocycles. The van der Waals surface area contributed by atoms with E-state index in [4.69, 9.17) is 0 Å². The summed E-state index contributed by atoms with van der Waals surface area (Å²) < 4.78 is 0. The van der Waals surface area contributed by atoms with E-state index in [1.807, 2.05) is 24.4 Å². The molecule has 1 aromatic carbocycles. The summed E-state index contributed by atoms with van der Waals surface area (Å²) in [6.45, 7) is 5.01. The lowest BCUT2D eigenvalue weighted by atomic mass is 10.2. The molecule has 144 valence electrons. The molecule has 3 heterocycles. The molecule has 0 spiro atoms. The van der Waals surface area contributed by atoms with Crippen LogP contribution >= 0.6 is 0 Å². The second-order valence-electron chi connectivity index (χ2n) is 6.94. The zero-order valence-electron chi connectivity index (χ0n) is 16.0. The molecule has 7 heteroatoms. The molecular formula is C21H25N7. The number of aromatic nitrogens is 3. The number of likely N-dealkylation sites (N-methyl/N-ethyl adjacent to an activating group) is 1. The summed E-state index contributed by atoms with van der Waals surface area (Å²) >= 11 is 0. The Balaban J connectivity index is 1.36. The van der Waals surface area contributed by atoms with Gasteiger partial charge in [-0.05, 0) is 49.0 Å². The van der Waals surface area contributed by atoms with Crippen LogP contribution in [-0.4, -0.2) is 53.1 Å². The Morgan fingerprint density at radius 1 is 0.964 bits per heavy atom. The van der Waals surface area contributed by atoms with Gasteiger partial charge in [0, 0.05) is 62.7 Å². The molecule has 4 rings (SSSR count). The van der Waals surface area contributed by atoms with Crippen molar-refractivity contribution in [3.63, 3.8) is 0 Å². The Bertz CT molecular complexity index is 875. The molecule has 3 aromatic rings. The molecule has 0 aliphatic carbocycles. The molecule has 1 aliphatic rings. The fourth-order valence-electron chi connectivity index (χ4n) is 3.16. The predicted octanol–water partition coefficient (Wildman–Crippen LogP) is 2.98. The summed E-state index contributed by atoms with van der Waals surface area (Å²) in [4.78, 5) is 17.8. The number of hydrogen-bond acceptors (Lipinski definition) is 7. The van der Waals surface area contributed by atoms with Crippen molar-refractivity contribution in [1.29, 1.82) is 0 Å². The first-order chi connectivity index (χ1) is 13.8. The monoisotopic (exact) mass is 375 g/mol. The third-order valence-corrected chi connectivity index (χ3v) is 4.84. The number of piperazine rings is 1. The van der Waals surface area contributed by atoms with E-state index in [9.17, 15) is 0 Å². The Kier molecular flexibility index (Phi) is 5.63. The standard InChI is InChI=1S/C21H25N7/c1-27-11-13-28(14-12-27)19-6-4-18(5-7-19)25-21-23-10-8-20(26-21)24-16-17-3-2-9-22-15-17/h2-10,15H,11-14,16H2,1H3,(H2,23,24,25,26). The molecule has 0 amide bonds. The topological polar surface area (TPSA) is 69.2 Å². The lowest BCUT2D eigenvalue weighted by Crippen LogP contribution is -2.44. The number of pyridine rings is 1. The smallest absolute Gasteiger partial charge is 0.229 e. The Morgan fingerprint density at radius 3 is 2.54 bits per heavy atom. The zero-order chi connectivity index (χ0) is 19.2. The summed E-state index contributed by atoms with van der Waals surface area (Å²) in [6, 6.07) is 14.3. The van der Waals surface area contributed by atoms with E-state index in [-0.39, 0.29) is 0 Å². The van der Waals surface area contributed by atoms with E-state index < -0.39 is 0 Å². The fraction of sp³-hybridized carbons (Fsp3) is 0.286. The predicted molar refractivity (Wildman–Crippen MR) is 113 cm³/mol. The van der Waals surface area contributed by atoms with Gasteiger partial charge in [0.25, 0.3) is 0 Å². The summed E-state index contributed by atoms with van der Waals surface area (Å²) in [5, 5.41) is 6.58. The zero-order valence-corrected chi connectivity index (χ0v) is 16.0. The van der Waals surface area contributed by atoms with Gasteiger partial charge in [0.15, 0.2) is 0 Å². The number of hydrogen-bond donors (Lipinski definition) is 2. The second kappa shape index (κ2) is 8.67. The van der Waals surface area contributed by atoms with Crippen molar-refractivity contribution in [2.75, 3.05) is 48.8 Å². The lowest BCUT2D eigenvalue weighted by molar-refractivity contribution is 0.313. The number of anilines is 4. The van der Waals surface area contributed by atoms with Crippen LogP contribution in [0.4, 0.5) is 23.1 Å². The van der Waals surface area contributed by atoms with Gasteiger partial charge in [-0.1, -0.05) is 6.07 Å². The van der Waals surface area contributed by atoms with Crippen LogP contribution in [0, 0.1) is 0 Å². The van der Waals surface area contributed by atoms with Crippen LogP contribution in [0.15, 0.2) is 61.1 Å². The fourth-order valence-corrected chi connectivity index (χ4v) is 3.16. The lowest BCUT2D eigenvalue weighted by Gasteiger charge is -2.34. The Hall–Kier alpha value is -3.19. The van der Waals surface area contributed by atoms with E-state index in [1.165, 1.54) is 5.69 Å². The first-order valence-corrected chi connectivity index (χ1v) is 9.53. The first kappa shape index (κ1) is 18.2. The molecule has 0 saturated carbocycles. The number of nitrogens with one attached hydrogen (secondary N) is 2. The van der Waals surface area contributed by atoms with Gasteiger partial charge in [-0.2, -0.15) is 4.98 Å².